The van der Waals surface area contributed by atoms with Gasteiger partial charge < -0.3 is 9.30 Å². The van der Waals surface area contributed by atoms with E-state index in [1.807, 2.05) is 61.9 Å². The van der Waals surface area contributed by atoms with Gasteiger partial charge in [-0.1, -0.05) is 54.6 Å². The number of nitriles is 1. The van der Waals surface area contributed by atoms with Crippen LogP contribution in [0.15, 0.2) is 85.3 Å². The number of ether oxygens (including phenoxy) is 1. The van der Waals surface area contributed by atoms with Crippen molar-refractivity contribution in [1.29, 1.82) is 5.26 Å². The lowest BCUT2D eigenvalue weighted by Gasteiger charge is -2.35. The maximum Gasteiger partial charge on any atom is 0.323 e. The number of benzene rings is 3. The zero-order valence-corrected chi connectivity index (χ0v) is 22.8. The van der Waals surface area contributed by atoms with E-state index in [9.17, 15) is 4.79 Å². The normalized spacial score (nSPS) is 14.4. The van der Waals surface area contributed by atoms with Gasteiger partial charge in [0.25, 0.3) is 0 Å². The van der Waals surface area contributed by atoms with E-state index in [-0.39, 0.29) is 36.8 Å². The topological polar surface area (TPSA) is 71.2 Å². The predicted molar refractivity (Wildman–Crippen MR) is 152 cm³/mol. The number of hydrogen-bond donors (Lipinski definition) is 0. The van der Waals surface area contributed by atoms with Crippen LogP contribution in [-0.4, -0.2) is 33.1 Å². The minimum Gasteiger partial charge on any atom is -0.465 e. The van der Waals surface area contributed by atoms with E-state index < -0.39 is 0 Å². The third-order valence-electron chi connectivity index (χ3n) is 6.70. The number of aromatic nitrogens is 2. The lowest BCUT2D eigenvalue weighted by atomic mass is 9.90. The number of rotatable bonds is 7. The van der Waals surface area contributed by atoms with Gasteiger partial charge in [0, 0.05) is 25.8 Å². The third-order valence-corrected chi connectivity index (χ3v) is 6.70. The maximum atomic E-state index is 13.0. The zero-order valence-electron chi connectivity index (χ0n) is 21.1. The first-order chi connectivity index (χ1) is 17.6. The summed E-state index contributed by atoms with van der Waals surface area (Å²) in [4.78, 5) is 19.5. The van der Waals surface area contributed by atoms with E-state index in [0.717, 1.165) is 11.3 Å². The Morgan fingerprint density at radius 2 is 1.76 bits per heavy atom. The van der Waals surface area contributed by atoms with Crippen molar-refractivity contribution in [2.45, 2.75) is 39.0 Å². The van der Waals surface area contributed by atoms with Crippen LogP contribution in [-0.2, 0) is 35.6 Å². The smallest absolute Gasteiger partial charge is 0.323 e. The number of halogens is 2. The Balaban J connectivity index is 0.00000200. The molecule has 6 nitrogen and oxygen atoms in total. The number of hydrogen-bond acceptors (Lipinski definition) is 5. The molecule has 4 aromatic rings. The molecule has 0 bridgehead atoms. The lowest BCUT2D eigenvalue weighted by Crippen LogP contribution is -2.46. The van der Waals surface area contributed by atoms with Gasteiger partial charge in [0.15, 0.2) is 0 Å². The molecule has 2 heterocycles. The average molecular weight is 550 g/mol. The van der Waals surface area contributed by atoms with Crippen molar-refractivity contribution in [1.82, 2.24) is 14.5 Å². The Kier molecular flexibility index (Phi) is 10.1. The van der Waals surface area contributed by atoms with Crippen LogP contribution in [0.3, 0.4) is 0 Å². The van der Waals surface area contributed by atoms with Crippen molar-refractivity contribution < 1.29 is 9.53 Å². The monoisotopic (exact) mass is 548 g/mol. The number of esters is 1. The first kappa shape index (κ1) is 28.9. The highest BCUT2D eigenvalue weighted by atomic mass is 35.5. The third kappa shape index (κ3) is 6.43. The molecule has 1 aromatic heterocycles. The molecule has 196 valence electrons. The summed E-state index contributed by atoms with van der Waals surface area (Å²) >= 11 is 0. The maximum absolute atomic E-state index is 13.0. The molecule has 0 aliphatic carbocycles. The van der Waals surface area contributed by atoms with Crippen molar-refractivity contribution in [3.63, 3.8) is 0 Å². The summed E-state index contributed by atoms with van der Waals surface area (Å²) in [5.74, 6) is -0.187. The van der Waals surface area contributed by atoms with E-state index in [1.54, 1.807) is 0 Å². The molecular weight excluding hydrogens is 519 g/mol. The minimum atomic E-state index is -0.349. The second-order valence-corrected chi connectivity index (χ2v) is 9.05. The fraction of sp³-hybridized carbons (Fsp3) is 0.233. The molecule has 0 radical (unpaired) electrons. The summed E-state index contributed by atoms with van der Waals surface area (Å²) in [7, 11) is 0. The number of nitrogens with zero attached hydrogens (tertiary/aromatic N) is 4. The van der Waals surface area contributed by atoms with Crippen molar-refractivity contribution in [2.24, 2.45) is 0 Å². The highest BCUT2D eigenvalue weighted by Crippen LogP contribution is 2.30. The first-order valence-electron chi connectivity index (χ1n) is 12.2. The summed E-state index contributed by atoms with van der Waals surface area (Å²) in [6, 6.07) is 26.3. The van der Waals surface area contributed by atoms with Crippen LogP contribution in [0.25, 0.3) is 11.1 Å². The summed E-state index contributed by atoms with van der Waals surface area (Å²) in [6.45, 7) is 4.08. The number of carbonyl (C=O) groups is 1. The molecule has 0 saturated heterocycles. The van der Waals surface area contributed by atoms with Crippen LogP contribution in [0.1, 0.15) is 34.9 Å². The summed E-state index contributed by atoms with van der Waals surface area (Å²) in [6.07, 6.45) is 4.30. The molecule has 1 aliphatic rings. The highest BCUT2D eigenvalue weighted by Gasteiger charge is 2.33. The molecule has 0 fully saturated rings. The molecule has 1 unspecified atom stereocenters. The van der Waals surface area contributed by atoms with Crippen molar-refractivity contribution in [3.8, 4) is 17.2 Å². The van der Waals surface area contributed by atoms with Crippen LogP contribution in [0.2, 0.25) is 0 Å². The molecule has 1 atom stereocenters. The summed E-state index contributed by atoms with van der Waals surface area (Å²) in [5, 5.41) is 9.06. The Morgan fingerprint density at radius 3 is 2.47 bits per heavy atom. The van der Waals surface area contributed by atoms with Crippen LogP contribution >= 0.6 is 24.8 Å². The predicted octanol–water partition coefficient (Wildman–Crippen LogP) is 5.80. The molecule has 0 saturated carbocycles. The van der Waals surface area contributed by atoms with Crippen LogP contribution < -0.4 is 0 Å². The summed E-state index contributed by atoms with van der Waals surface area (Å²) < 4.78 is 7.55. The molecule has 0 N–H and O–H groups in total. The van der Waals surface area contributed by atoms with E-state index in [1.165, 1.54) is 22.3 Å². The Morgan fingerprint density at radius 1 is 1.00 bits per heavy atom. The molecule has 0 amide bonds. The van der Waals surface area contributed by atoms with E-state index in [4.69, 9.17) is 10.00 Å². The standard InChI is InChI=1S/C30H28N4O2.2ClH/c1-2-36-30(35)29-15-26-13-12-25(24-6-4-3-5-7-24)14-27(26)19-33(29)20-28-17-32-21-34(28)18-23-10-8-22(16-31)9-11-23;;/h3-14,17,21,29H,2,15,18-20H2,1H3;2*1H. The van der Waals surface area contributed by atoms with Crippen LogP contribution in [0, 0.1) is 11.3 Å². The van der Waals surface area contributed by atoms with Gasteiger partial charge in [-0.15, -0.1) is 24.8 Å². The number of imidazole rings is 1. The SMILES string of the molecule is CCOC(=O)C1Cc2ccc(-c3ccccc3)cc2CN1Cc1cncn1Cc1ccc(C#N)cc1.Cl.Cl. The Bertz CT molecular complexity index is 1400. The van der Waals surface area contributed by atoms with E-state index in [0.29, 0.717) is 38.2 Å². The molecule has 5 rings (SSSR count). The molecule has 1 aliphatic heterocycles. The molecule has 0 spiro atoms. The van der Waals surface area contributed by atoms with Crippen LogP contribution in [0.4, 0.5) is 0 Å². The zero-order chi connectivity index (χ0) is 24.9. The molecule has 8 heteroatoms. The van der Waals surface area contributed by atoms with Gasteiger partial charge >= 0.3 is 5.97 Å². The van der Waals surface area contributed by atoms with Crippen molar-refractivity contribution in [3.05, 3.63) is 113 Å². The van der Waals surface area contributed by atoms with Gasteiger partial charge in [-0.2, -0.15) is 5.26 Å². The first-order valence-corrected chi connectivity index (χ1v) is 12.2. The van der Waals surface area contributed by atoms with Gasteiger partial charge in [0.2, 0.25) is 0 Å². The number of carbonyl (C=O) groups excluding carboxylic acids is 1. The van der Waals surface area contributed by atoms with E-state index in [2.05, 4.69) is 50.9 Å². The second-order valence-electron chi connectivity index (χ2n) is 9.05. The Hall–Kier alpha value is -3.63. The van der Waals surface area contributed by atoms with Gasteiger partial charge in [0.05, 0.1) is 30.3 Å². The van der Waals surface area contributed by atoms with Crippen molar-refractivity contribution in [2.75, 3.05) is 6.61 Å². The van der Waals surface area contributed by atoms with Gasteiger partial charge in [-0.3, -0.25) is 9.69 Å². The second kappa shape index (κ2) is 13.3. The largest absolute Gasteiger partial charge is 0.465 e. The fourth-order valence-electron chi connectivity index (χ4n) is 4.80. The fourth-order valence-corrected chi connectivity index (χ4v) is 4.80. The van der Waals surface area contributed by atoms with E-state index >= 15 is 0 Å². The van der Waals surface area contributed by atoms with Gasteiger partial charge in [-0.25, -0.2) is 4.98 Å². The van der Waals surface area contributed by atoms with Crippen LogP contribution in [0.5, 0.6) is 0 Å². The van der Waals surface area contributed by atoms with Gasteiger partial charge in [-0.05, 0) is 59.4 Å². The number of fused-ring (bicyclic) bond motifs is 1. The lowest BCUT2D eigenvalue weighted by molar-refractivity contribution is -0.150. The van der Waals surface area contributed by atoms with Gasteiger partial charge in [0.1, 0.15) is 6.04 Å². The molecule has 3 aromatic carbocycles. The van der Waals surface area contributed by atoms with Crippen molar-refractivity contribution >= 4 is 30.8 Å². The molecule has 38 heavy (non-hydrogen) atoms. The molecular formula is C30H30Cl2N4O2. The minimum absolute atomic E-state index is 0. The summed E-state index contributed by atoms with van der Waals surface area (Å²) in [5.41, 5.74) is 7.53. The average Bonchev–Trinajstić information content (AvgIpc) is 3.35. The Labute approximate surface area is 235 Å². The quantitative estimate of drug-likeness (QED) is 0.273. The highest BCUT2D eigenvalue weighted by molar-refractivity contribution is 5.85.